The first-order valence-electron chi connectivity index (χ1n) is 7.22. The van der Waals surface area contributed by atoms with Gasteiger partial charge in [-0.15, -0.1) is 0 Å². The van der Waals surface area contributed by atoms with E-state index in [1.54, 1.807) is 6.07 Å². The van der Waals surface area contributed by atoms with Gasteiger partial charge in [-0.05, 0) is 55.7 Å². The Morgan fingerprint density at radius 2 is 1.86 bits per heavy atom. The van der Waals surface area contributed by atoms with Gasteiger partial charge >= 0.3 is 0 Å². The van der Waals surface area contributed by atoms with E-state index in [2.05, 4.69) is 19.1 Å². The minimum Gasteiger partial charge on any atom is -0.399 e. The van der Waals surface area contributed by atoms with Crippen LogP contribution in [0.1, 0.15) is 34.0 Å². The molecule has 0 atom stereocenters. The van der Waals surface area contributed by atoms with Crippen LogP contribution in [0.4, 0.5) is 5.69 Å². The average Bonchev–Trinajstić information content (AvgIpc) is 2.44. The Hall–Kier alpha value is -2.29. The van der Waals surface area contributed by atoms with Crippen molar-refractivity contribution in [2.24, 2.45) is 0 Å². The predicted octanol–water partition coefficient (Wildman–Crippen LogP) is 3.55. The van der Waals surface area contributed by atoms with Crippen molar-refractivity contribution >= 4 is 11.6 Å². The maximum Gasteiger partial charge on any atom is 0.254 e. The second-order valence-electron chi connectivity index (χ2n) is 5.38. The summed E-state index contributed by atoms with van der Waals surface area (Å²) in [5.41, 5.74) is 10.5. The van der Waals surface area contributed by atoms with Gasteiger partial charge in [-0.25, -0.2) is 0 Å². The Labute approximate surface area is 126 Å². The van der Waals surface area contributed by atoms with Gasteiger partial charge in [-0.3, -0.25) is 4.79 Å². The molecule has 0 aliphatic heterocycles. The van der Waals surface area contributed by atoms with Crippen LogP contribution in [-0.2, 0) is 6.54 Å². The minimum absolute atomic E-state index is 0.0242. The fraction of sp³-hybridized carbons (Fsp3) is 0.278. The number of carbonyl (C=O) groups excluding carboxylic acids is 1. The topological polar surface area (TPSA) is 46.3 Å². The van der Waals surface area contributed by atoms with E-state index >= 15 is 0 Å². The van der Waals surface area contributed by atoms with Gasteiger partial charge in [0.25, 0.3) is 5.91 Å². The van der Waals surface area contributed by atoms with Crippen LogP contribution in [-0.4, -0.2) is 17.4 Å². The first-order chi connectivity index (χ1) is 10.0. The molecule has 2 aromatic carbocycles. The maximum absolute atomic E-state index is 12.7. The lowest BCUT2D eigenvalue weighted by Crippen LogP contribution is -2.30. The molecular weight excluding hydrogens is 260 g/mol. The van der Waals surface area contributed by atoms with Crippen LogP contribution in [0.25, 0.3) is 0 Å². The molecule has 0 unspecified atom stereocenters. The number of hydrogen-bond acceptors (Lipinski definition) is 2. The summed E-state index contributed by atoms with van der Waals surface area (Å²) in [6.07, 6.45) is 0. The molecule has 3 nitrogen and oxygen atoms in total. The zero-order valence-electron chi connectivity index (χ0n) is 12.9. The molecule has 2 aromatic rings. The SMILES string of the molecule is CCN(Cc1ccccc1C)C(=O)c1cc(C)cc(N)c1. The van der Waals surface area contributed by atoms with Gasteiger partial charge in [-0.2, -0.15) is 0 Å². The van der Waals surface area contributed by atoms with Crippen molar-refractivity contribution in [3.63, 3.8) is 0 Å². The van der Waals surface area contributed by atoms with Crippen molar-refractivity contribution in [1.29, 1.82) is 0 Å². The standard InChI is InChI=1S/C18H22N2O/c1-4-20(12-15-8-6-5-7-14(15)3)18(21)16-9-13(2)10-17(19)11-16/h5-11H,4,12,19H2,1-3H3. The number of aryl methyl sites for hydroxylation is 2. The largest absolute Gasteiger partial charge is 0.399 e. The lowest BCUT2D eigenvalue weighted by Gasteiger charge is -2.22. The zero-order chi connectivity index (χ0) is 15.4. The molecule has 0 aromatic heterocycles. The highest BCUT2D eigenvalue weighted by molar-refractivity contribution is 5.95. The summed E-state index contributed by atoms with van der Waals surface area (Å²) < 4.78 is 0. The number of hydrogen-bond donors (Lipinski definition) is 1. The van der Waals surface area contributed by atoms with Gasteiger partial charge in [-0.1, -0.05) is 24.3 Å². The van der Waals surface area contributed by atoms with E-state index in [1.165, 1.54) is 11.1 Å². The summed E-state index contributed by atoms with van der Waals surface area (Å²) in [6, 6.07) is 13.7. The third-order valence-electron chi connectivity index (χ3n) is 3.64. The molecule has 0 heterocycles. The van der Waals surface area contributed by atoms with Gasteiger partial charge in [0.05, 0.1) is 0 Å². The highest BCUT2D eigenvalue weighted by Crippen LogP contribution is 2.16. The molecule has 2 N–H and O–H groups in total. The van der Waals surface area contributed by atoms with E-state index in [0.29, 0.717) is 24.3 Å². The molecule has 0 bridgehead atoms. The van der Waals surface area contributed by atoms with Crippen molar-refractivity contribution in [1.82, 2.24) is 4.90 Å². The summed E-state index contributed by atoms with van der Waals surface area (Å²) in [5.74, 6) is 0.0242. The molecular formula is C18H22N2O. The fourth-order valence-electron chi connectivity index (χ4n) is 2.44. The zero-order valence-corrected chi connectivity index (χ0v) is 12.9. The molecule has 3 heteroatoms. The molecule has 0 saturated carbocycles. The molecule has 110 valence electrons. The van der Waals surface area contributed by atoms with E-state index in [4.69, 9.17) is 5.73 Å². The van der Waals surface area contributed by atoms with Crippen molar-refractivity contribution in [2.45, 2.75) is 27.3 Å². The quantitative estimate of drug-likeness (QED) is 0.872. The highest BCUT2D eigenvalue weighted by Gasteiger charge is 2.16. The second-order valence-corrected chi connectivity index (χ2v) is 5.38. The predicted molar refractivity (Wildman–Crippen MR) is 87.2 cm³/mol. The number of nitrogens with zero attached hydrogens (tertiary/aromatic N) is 1. The maximum atomic E-state index is 12.7. The van der Waals surface area contributed by atoms with E-state index in [9.17, 15) is 4.79 Å². The number of nitrogens with two attached hydrogens (primary N) is 1. The van der Waals surface area contributed by atoms with Crippen molar-refractivity contribution in [3.8, 4) is 0 Å². The number of anilines is 1. The van der Waals surface area contributed by atoms with Crippen LogP contribution >= 0.6 is 0 Å². The number of rotatable bonds is 4. The van der Waals surface area contributed by atoms with Crippen LogP contribution in [0, 0.1) is 13.8 Å². The van der Waals surface area contributed by atoms with E-state index in [0.717, 1.165) is 5.56 Å². The van der Waals surface area contributed by atoms with E-state index in [1.807, 2.05) is 43.0 Å². The summed E-state index contributed by atoms with van der Waals surface area (Å²) in [6.45, 7) is 7.30. The summed E-state index contributed by atoms with van der Waals surface area (Å²) in [5, 5.41) is 0. The molecule has 0 spiro atoms. The van der Waals surface area contributed by atoms with Gasteiger partial charge < -0.3 is 10.6 Å². The Bertz CT molecular complexity index is 629. The van der Waals surface area contributed by atoms with Crippen LogP contribution in [0.2, 0.25) is 0 Å². The molecule has 0 saturated heterocycles. The van der Waals surface area contributed by atoms with E-state index in [-0.39, 0.29) is 5.91 Å². The summed E-state index contributed by atoms with van der Waals surface area (Å²) >= 11 is 0. The third-order valence-corrected chi connectivity index (χ3v) is 3.64. The third kappa shape index (κ3) is 3.63. The average molecular weight is 282 g/mol. The van der Waals surface area contributed by atoms with Crippen molar-refractivity contribution in [3.05, 3.63) is 64.7 Å². The Balaban J connectivity index is 2.24. The van der Waals surface area contributed by atoms with Gasteiger partial charge in [0.15, 0.2) is 0 Å². The van der Waals surface area contributed by atoms with Crippen LogP contribution in [0.5, 0.6) is 0 Å². The lowest BCUT2D eigenvalue weighted by atomic mass is 10.1. The van der Waals surface area contributed by atoms with Crippen LogP contribution in [0.15, 0.2) is 42.5 Å². The molecule has 2 rings (SSSR count). The molecule has 0 radical (unpaired) electrons. The number of amides is 1. The molecule has 0 fully saturated rings. The molecule has 21 heavy (non-hydrogen) atoms. The minimum atomic E-state index is 0.0242. The number of benzene rings is 2. The van der Waals surface area contributed by atoms with Crippen LogP contribution in [0.3, 0.4) is 0 Å². The first kappa shape index (κ1) is 15.1. The highest BCUT2D eigenvalue weighted by atomic mass is 16.2. The molecule has 0 aliphatic rings. The smallest absolute Gasteiger partial charge is 0.254 e. The van der Waals surface area contributed by atoms with Gasteiger partial charge in [0.1, 0.15) is 0 Å². The van der Waals surface area contributed by atoms with Crippen molar-refractivity contribution < 1.29 is 4.79 Å². The summed E-state index contributed by atoms with van der Waals surface area (Å²) in [7, 11) is 0. The first-order valence-corrected chi connectivity index (χ1v) is 7.22. The Morgan fingerprint density at radius 3 is 2.48 bits per heavy atom. The second kappa shape index (κ2) is 6.44. The van der Waals surface area contributed by atoms with Crippen molar-refractivity contribution in [2.75, 3.05) is 12.3 Å². The van der Waals surface area contributed by atoms with Gasteiger partial charge in [0.2, 0.25) is 0 Å². The Morgan fingerprint density at radius 1 is 1.14 bits per heavy atom. The lowest BCUT2D eigenvalue weighted by molar-refractivity contribution is 0.0752. The van der Waals surface area contributed by atoms with Gasteiger partial charge in [0, 0.05) is 24.3 Å². The number of carbonyl (C=O) groups is 1. The Kier molecular flexibility index (Phi) is 4.63. The normalized spacial score (nSPS) is 10.4. The summed E-state index contributed by atoms with van der Waals surface area (Å²) in [4.78, 5) is 14.5. The fourth-order valence-corrected chi connectivity index (χ4v) is 2.44. The monoisotopic (exact) mass is 282 g/mol. The molecule has 0 aliphatic carbocycles. The molecule has 1 amide bonds. The van der Waals surface area contributed by atoms with Crippen LogP contribution < -0.4 is 5.73 Å². The number of nitrogen functional groups attached to an aromatic ring is 1. The van der Waals surface area contributed by atoms with E-state index < -0.39 is 0 Å².